The summed E-state index contributed by atoms with van der Waals surface area (Å²) < 4.78 is 5.09. The molecular weight excluding hydrogens is 206 g/mol. The molecule has 1 aromatic heterocycles. The van der Waals surface area contributed by atoms with Crippen molar-refractivity contribution in [3.8, 4) is 0 Å². The zero-order chi connectivity index (χ0) is 11.6. The summed E-state index contributed by atoms with van der Waals surface area (Å²) in [5.74, 6) is -0.431. The molecule has 86 valence electrons. The predicted molar refractivity (Wildman–Crippen MR) is 58.2 cm³/mol. The van der Waals surface area contributed by atoms with E-state index in [1.54, 1.807) is 31.5 Å². The van der Waals surface area contributed by atoms with E-state index in [1.807, 2.05) is 0 Å². The average Bonchev–Trinajstić information content (AvgIpc) is 2.24. The number of carbonyl (C=O) groups is 1. The number of carboxylic acid groups (broad SMARTS) is 1. The number of hydrogen-bond donors (Lipinski definition) is 1. The SMILES string of the molecule is CC(CC1COC1)(C(=O)O)c1ccncc1. The second-order valence-corrected chi connectivity index (χ2v) is 4.48. The minimum absolute atomic E-state index is 0.356. The van der Waals surface area contributed by atoms with E-state index in [0.29, 0.717) is 25.6 Å². The standard InChI is InChI=1S/C12H15NO3/c1-12(11(14)15,6-9-7-16-8-9)10-2-4-13-5-3-10/h2-5,9H,6-8H2,1H3,(H,14,15). The smallest absolute Gasteiger partial charge is 0.313 e. The summed E-state index contributed by atoms with van der Waals surface area (Å²) in [5.41, 5.74) is -0.0286. The molecule has 2 rings (SSSR count). The first-order valence-corrected chi connectivity index (χ1v) is 5.34. The second kappa shape index (κ2) is 4.22. The first-order valence-electron chi connectivity index (χ1n) is 5.34. The third kappa shape index (κ3) is 1.93. The van der Waals surface area contributed by atoms with E-state index in [-0.39, 0.29) is 0 Å². The zero-order valence-corrected chi connectivity index (χ0v) is 9.22. The van der Waals surface area contributed by atoms with Crippen molar-refractivity contribution in [3.05, 3.63) is 30.1 Å². The van der Waals surface area contributed by atoms with Gasteiger partial charge in [-0.15, -0.1) is 0 Å². The van der Waals surface area contributed by atoms with Gasteiger partial charge in [-0.05, 0) is 31.0 Å². The Morgan fingerprint density at radius 2 is 2.19 bits per heavy atom. The lowest BCUT2D eigenvalue weighted by molar-refractivity contribution is -0.145. The molecule has 0 spiro atoms. The molecule has 0 bridgehead atoms. The lowest BCUT2D eigenvalue weighted by Crippen LogP contribution is -2.40. The Labute approximate surface area is 94.3 Å². The largest absolute Gasteiger partial charge is 0.481 e. The molecule has 1 N–H and O–H groups in total. The van der Waals surface area contributed by atoms with Crippen molar-refractivity contribution in [2.75, 3.05) is 13.2 Å². The van der Waals surface area contributed by atoms with E-state index in [4.69, 9.17) is 4.74 Å². The molecular formula is C12H15NO3. The summed E-state index contributed by atoms with van der Waals surface area (Å²) in [6, 6.07) is 3.54. The predicted octanol–water partition coefficient (Wildman–Crippen LogP) is 1.46. The highest BCUT2D eigenvalue weighted by Gasteiger charge is 2.39. The van der Waals surface area contributed by atoms with Crippen molar-refractivity contribution in [3.63, 3.8) is 0 Å². The fraction of sp³-hybridized carbons (Fsp3) is 0.500. The molecule has 0 saturated carbocycles. The van der Waals surface area contributed by atoms with Crippen LogP contribution in [0.3, 0.4) is 0 Å². The molecule has 2 heterocycles. The topological polar surface area (TPSA) is 59.4 Å². The van der Waals surface area contributed by atoms with Crippen molar-refractivity contribution < 1.29 is 14.6 Å². The average molecular weight is 221 g/mol. The normalized spacial score (nSPS) is 19.8. The van der Waals surface area contributed by atoms with E-state index < -0.39 is 11.4 Å². The van der Waals surface area contributed by atoms with Crippen LogP contribution in [0.15, 0.2) is 24.5 Å². The van der Waals surface area contributed by atoms with E-state index in [0.717, 1.165) is 5.56 Å². The number of nitrogens with zero attached hydrogens (tertiary/aromatic N) is 1. The second-order valence-electron chi connectivity index (χ2n) is 4.48. The first-order chi connectivity index (χ1) is 7.63. The van der Waals surface area contributed by atoms with Gasteiger partial charge in [0.2, 0.25) is 0 Å². The maximum absolute atomic E-state index is 11.4. The van der Waals surface area contributed by atoms with Crippen molar-refractivity contribution in [2.45, 2.75) is 18.8 Å². The van der Waals surface area contributed by atoms with Gasteiger partial charge in [-0.3, -0.25) is 9.78 Å². The lowest BCUT2D eigenvalue weighted by Gasteiger charge is -2.34. The van der Waals surface area contributed by atoms with Gasteiger partial charge in [-0.25, -0.2) is 0 Å². The Morgan fingerprint density at radius 3 is 2.62 bits per heavy atom. The first kappa shape index (κ1) is 11.1. The summed E-state index contributed by atoms with van der Waals surface area (Å²) in [4.78, 5) is 15.3. The summed E-state index contributed by atoms with van der Waals surface area (Å²) in [7, 11) is 0. The Kier molecular flexibility index (Phi) is 2.92. The number of hydrogen-bond acceptors (Lipinski definition) is 3. The van der Waals surface area contributed by atoms with Gasteiger partial charge in [0, 0.05) is 18.3 Å². The molecule has 1 unspecified atom stereocenters. The Hall–Kier alpha value is -1.42. The van der Waals surface area contributed by atoms with Gasteiger partial charge in [0.1, 0.15) is 0 Å². The molecule has 4 nitrogen and oxygen atoms in total. The van der Waals surface area contributed by atoms with Crippen LogP contribution in [0, 0.1) is 5.92 Å². The summed E-state index contributed by atoms with van der Waals surface area (Å²) in [6.07, 6.45) is 3.88. The van der Waals surface area contributed by atoms with Gasteiger partial charge in [0.25, 0.3) is 0 Å². The molecule has 1 saturated heterocycles. The van der Waals surface area contributed by atoms with E-state index >= 15 is 0 Å². The van der Waals surface area contributed by atoms with Crippen LogP contribution in [0.4, 0.5) is 0 Å². The molecule has 1 fully saturated rings. The van der Waals surface area contributed by atoms with Gasteiger partial charge in [0.15, 0.2) is 0 Å². The molecule has 0 amide bonds. The van der Waals surface area contributed by atoms with E-state index in [2.05, 4.69) is 4.98 Å². The summed E-state index contributed by atoms with van der Waals surface area (Å²) in [5, 5.41) is 9.39. The maximum Gasteiger partial charge on any atom is 0.313 e. The minimum atomic E-state index is -0.836. The molecule has 1 aromatic rings. The molecule has 1 aliphatic heterocycles. The Bertz CT molecular complexity index is 375. The third-order valence-corrected chi connectivity index (χ3v) is 3.19. The number of aromatic nitrogens is 1. The summed E-state index contributed by atoms with van der Waals surface area (Å²) in [6.45, 7) is 3.12. The lowest BCUT2D eigenvalue weighted by atomic mass is 9.75. The fourth-order valence-corrected chi connectivity index (χ4v) is 2.03. The van der Waals surface area contributed by atoms with Crippen molar-refractivity contribution >= 4 is 5.97 Å². The zero-order valence-electron chi connectivity index (χ0n) is 9.22. The Balaban J connectivity index is 2.24. The van der Waals surface area contributed by atoms with Crippen molar-refractivity contribution in [2.24, 2.45) is 5.92 Å². The van der Waals surface area contributed by atoms with E-state index in [1.165, 1.54) is 0 Å². The van der Waals surface area contributed by atoms with Gasteiger partial charge in [-0.2, -0.15) is 0 Å². The van der Waals surface area contributed by atoms with Crippen LogP contribution in [0.2, 0.25) is 0 Å². The van der Waals surface area contributed by atoms with Crippen LogP contribution in [0.5, 0.6) is 0 Å². The number of ether oxygens (including phenoxy) is 1. The fourth-order valence-electron chi connectivity index (χ4n) is 2.03. The molecule has 1 atom stereocenters. The highest BCUT2D eigenvalue weighted by Crippen LogP contribution is 2.33. The minimum Gasteiger partial charge on any atom is -0.481 e. The van der Waals surface area contributed by atoms with Gasteiger partial charge < -0.3 is 9.84 Å². The molecule has 4 heteroatoms. The maximum atomic E-state index is 11.4. The summed E-state index contributed by atoms with van der Waals surface area (Å²) >= 11 is 0. The molecule has 0 aliphatic carbocycles. The van der Waals surface area contributed by atoms with Crippen LogP contribution < -0.4 is 0 Å². The number of pyridine rings is 1. The molecule has 16 heavy (non-hydrogen) atoms. The van der Waals surface area contributed by atoms with Crippen molar-refractivity contribution in [1.29, 1.82) is 0 Å². The van der Waals surface area contributed by atoms with Crippen LogP contribution in [-0.2, 0) is 14.9 Å². The molecule has 1 aliphatic rings. The van der Waals surface area contributed by atoms with E-state index in [9.17, 15) is 9.90 Å². The van der Waals surface area contributed by atoms with Crippen LogP contribution >= 0.6 is 0 Å². The van der Waals surface area contributed by atoms with Crippen LogP contribution in [-0.4, -0.2) is 29.3 Å². The number of aliphatic carboxylic acids is 1. The molecule has 0 radical (unpaired) electrons. The van der Waals surface area contributed by atoms with Crippen LogP contribution in [0.25, 0.3) is 0 Å². The monoisotopic (exact) mass is 221 g/mol. The van der Waals surface area contributed by atoms with Crippen LogP contribution in [0.1, 0.15) is 18.9 Å². The van der Waals surface area contributed by atoms with Gasteiger partial charge in [-0.1, -0.05) is 0 Å². The highest BCUT2D eigenvalue weighted by atomic mass is 16.5. The highest BCUT2D eigenvalue weighted by molar-refractivity contribution is 5.80. The van der Waals surface area contributed by atoms with Gasteiger partial charge in [0.05, 0.1) is 18.6 Å². The van der Waals surface area contributed by atoms with Crippen molar-refractivity contribution in [1.82, 2.24) is 4.98 Å². The van der Waals surface area contributed by atoms with Gasteiger partial charge >= 0.3 is 5.97 Å². The number of carboxylic acids is 1. The number of rotatable bonds is 4. The third-order valence-electron chi connectivity index (χ3n) is 3.19. The Morgan fingerprint density at radius 1 is 1.56 bits per heavy atom. The quantitative estimate of drug-likeness (QED) is 0.836. The molecule has 0 aromatic carbocycles.